The van der Waals surface area contributed by atoms with Gasteiger partial charge in [-0.3, -0.25) is 14.6 Å². The van der Waals surface area contributed by atoms with Crippen molar-refractivity contribution in [3.05, 3.63) is 34.9 Å². The van der Waals surface area contributed by atoms with Crippen LogP contribution in [0.4, 0.5) is 0 Å². The summed E-state index contributed by atoms with van der Waals surface area (Å²) >= 11 is 5.98. The van der Waals surface area contributed by atoms with Crippen molar-refractivity contribution in [1.82, 2.24) is 9.80 Å². The number of hydrogen-bond donors (Lipinski definition) is 0. The molecule has 0 saturated carbocycles. The van der Waals surface area contributed by atoms with Crippen molar-refractivity contribution in [1.29, 1.82) is 0 Å². The molecule has 2 atom stereocenters. The largest absolute Gasteiger partial charge is 0.300 e. The highest BCUT2D eigenvalue weighted by atomic mass is 35.5. The number of likely N-dealkylation sites (N-methyl/N-ethyl adjacent to an activating group) is 1. The maximum absolute atomic E-state index is 12.6. The number of hydrogen-bond acceptors (Lipinski definition) is 3. The summed E-state index contributed by atoms with van der Waals surface area (Å²) in [5.41, 5.74) is 0.710. The van der Waals surface area contributed by atoms with Gasteiger partial charge in [0.05, 0.1) is 6.04 Å². The predicted octanol–water partition coefficient (Wildman–Crippen LogP) is 3.33. The summed E-state index contributed by atoms with van der Waals surface area (Å²) < 4.78 is 0. The second kappa shape index (κ2) is 7.39. The molecule has 4 heteroatoms. The monoisotopic (exact) mass is 308 g/mol. The lowest BCUT2D eigenvalue weighted by Gasteiger charge is -2.28. The van der Waals surface area contributed by atoms with Crippen LogP contribution < -0.4 is 0 Å². The van der Waals surface area contributed by atoms with Crippen LogP contribution in [0.3, 0.4) is 0 Å². The van der Waals surface area contributed by atoms with Crippen molar-refractivity contribution in [2.45, 2.75) is 39.3 Å². The van der Waals surface area contributed by atoms with Crippen molar-refractivity contribution in [2.24, 2.45) is 0 Å². The smallest absolute Gasteiger partial charge is 0.179 e. The van der Waals surface area contributed by atoms with Gasteiger partial charge in [-0.1, -0.05) is 37.6 Å². The third-order valence-corrected chi connectivity index (χ3v) is 4.79. The highest BCUT2D eigenvalue weighted by molar-refractivity contribution is 6.31. The Bertz CT molecular complexity index is 487. The minimum absolute atomic E-state index is 0.0796. The van der Waals surface area contributed by atoms with Crippen LogP contribution in [0.25, 0.3) is 0 Å². The van der Waals surface area contributed by atoms with Gasteiger partial charge in [0.1, 0.15) is 0 Å². The van der Waals surface area contributed by atoms with Crippen molar-refractivity contribution in [3.63, 3.8) is 0 Å². The zero-order valence-corrected chi connectivity index (χ0v) is 13.9. The van der Waals surface area contributed by atoms with E-state index in [2.05, 4.69) is 23.6 Å². The Morgan fingerprint density at radius 3 is 2.76 bits per heavy atom. The molecule has 0 aromatic heterocycles. The fourth-order valence-corrected chi connectivity index (χ4v) is 3.40. The minimum Gasteiger partial charge on any atom is -0.300 e. The standard InChI is InChI=1S/C17H25ClN2O/c1-4-19(5-2)16-9-10-20(12-16)13(3)17(21)14-7-6-8-15(18)11-14/h6-8,11,13,16H,4-5,9-10,12H2,1-3H3. The van der Waals surface area contributed by atoms with Gasteiger partial charge in [-0.2, -0.15) is 0 Å². The lowest BCUT2D eigenvalue weighted by atomic mass is 10.0. The van der Waals surface area contributed by atoms with E-state index in [-0.39, 0.29) is 11.8 Å². The fraction of sp³-hybridized carbons (Fsp3) is 0.588. The van der Waals surface area contributed by atoms with Gasteiger partial charge in [-0.05, 0) is 38.6 Å². The maximum Gasteiger partial charge on any atom is 0.179 e. The van der Waals surface area contributed by atoms with Crippen LogP contribution in [0, 0.1) is 0 Å². The van der Waals surface area contributed by atoms with E-state index in [1.165, 1.54) is 0 Å². The molecule has 1 aliphatic heterocycles. The number of carbonyl (C=O) groups is 1. The molecule has 0 N–H and O–H groups in total. The summed E-state index contributed by atoms with van der Waals surface area (Å²) in [7, 11) is 0. The van der Waals surface area contributed by atoms with Gasteiger partial charge < -0.3 is 0 Å². The van der Waals surface area contributed by atoms with Gasteiger partial charge in [0, 0.05) is 29.7 Å². The zero-order chi connectivity index (χ0) is 15.4. The summed E-state index contributed by atoms with van der Waals surface area (Å²) in [4.78, 5) is 17.4. The molecular formula is C17H25ClN2O. The SMILES string of the molecule is CCN(CC)C1CCN(C(C)C(=O)c2cccc(Cl)c2)C1. The first-order valence-electron chi connectivity index (χ1n) is 7.84. The Morgan fingerprint density at radius 1 is 1.43 bits per heavy atom. The van der Waals surface area contributed by atoms with E-state index in [9.17, 15) is 4.79 Å². The van der Waals surface area contributed by atoms with Crippen LogP contribution in [0.2, 0.25) is 5.02 Å². The Hall–Kier alpha value is -0.900. The third kappa shape index (κ3) is 3.85. The molecule has 0 amide bonds. The molecule has 0 radical (unpaired) electrons. The molecule has 1 fully saturated rings. The number of nitrogens with zero attached hydrogens (tertiary/aromatic N) is 2. The molecule has 3 nitrogen and oxygen atoms in total. The Morgan fingerprint density at radius 2 is 2.14 bits per heavy atom. The topological polar surface area (TPSA) is 23.6 Å². The maximum atomic E-state index is 12.6. The lowest BCUT2D eigenvalue weighted by Crippen LogP contribution is -2.41. The number of likely N-dealkylation sites (tertiary alicyclic amines) is 1. The summed E-state index contributed by atoms with van der Waals surface area (Å²) in [5, 5.41) is 0.621. The molecule has 21 heavy (non-hydrogen) atoms. The predicted molar refractivity (Wildman–Crippen MR) is 88.1 cm³/mol. The number of carbonyl (C=O) groups excluding carboxylic acids is 1. The highest BCUT2D eigenvalue weighted by Crippen LogP contribution is 2.21. The molecule has 0 bridgehead atoms. The second-order valence-electron chi connectivity index (χ2n) is 5.71. The van der Waals surface area contributed by atoms with Crippen LogP contribution in [0.1, 0.15) is 37.6 Å². The van der Waals surface area contributed by atoms with Gasteiger partial charge in [0.25, 0.3) is 0 Å². The summed E-state index contributed by atoms with van der Waals surface area (Å²) in [6.45, 7) is 10.5. The van der Waals surface area contributed by atoms with Crippen molar-refractivity contribution in [2.75, 3.05) is 26.2 Å². The number of rotatable bonds is 6. The van der Waals surface area contributed by atoms with E-state index in [4.69, 9.17) is 11.6 Å². The fourth-order valence-electron chi connectivity index (χ4n) is 3.21. The van der Waals surface area contributed by atoms with Gasteiger partial charge in [-0.25, -0.2) is 0 Å². The zero-order valence-electron chi connectivity index (χ0n) is 13.2. The van der Waals surface area contributed by atoms with E-state index in [0.717, 1.165) is 32.6 Å². The molecule has 1 aromatic carbocycles. The average Bonchev–Trinajstić information content (AvgIpc) is 2.97. The van der Waals surface area contributed by atoms with Crippen LogP contribution in [0.5, 0.6) is 0 Å². The van der Waals surface area contributed by atoms with E-state index >= 15 is 0 Å². The molecule has 1 saturated heterocycles. The number of benzene rings is 1. The molecular weight excluding hydrogens is 284 g/mol. The molecule has 1 heterocycles. The van der Waals surface area contributed by atoms with Gasteiger partial charge in [-0.15, -0.1) is 0 Å². The Kier molecular flexibility index (Phi) is 5.80. The van der Waals surface area contributed by atoms with Crippen LogP contribution in [-0.2, 0) is 0 Å². The van der Waals surface area contributed by atoms with E-state index < -0.39 is 0 Å². The van der Waals surface area contributed by atoms with Crippen molar-refractivity contribution < 1.29 is 4.79 Å². The molecule has 0 aliphatic carbocycles. The molecule has 2 rings (SSSR count). The van der Waals surface area contributed by atoms with E-state index in [0.29, 0.717) is 16.6 Å². The lowest BCUT2D eigenvalue weighted by molar-refractivity contribution is 0.0856. The molecule has 0 spiro atoms. The first kappa shape index (κ1) is 16.5. The second-order valence-corrected chi connectivity index (χ2v) is 6.15. The number of Topliss-reactive ketones (excluding diaryl/α,β-unsaturated/α-hetero) is 1. The Balaban J connectivity index is 2.01. The average molecular weight is 309 g/mol. The van der Waals surface area contributed by atoms with Crippen LogP contribution >= 0.6 is 11.6 Å². The molecule has 116 valence electrons. The minimum atomic E-state index is -0.0796. The van der Waals surface area contributed by atoms with Gasteiger partial charge >= 0.3 is 0 Å². The van der Waals surface area contributed by atoms with Crippen molar-refractivity contribution >= 4 is 17.4 Å². The first-order valence-corrected chi connectivity index (χ1v) is 8.22. The van der Waals surface area contributed by atoms with Crippen molar-refractivity contribution in [3.8, 4) is 0 Å². The quantitative estimate of drug-likeness (QED) is 0.753. The summed E-state index contributed by atoms with van der Waals surface area (Å²) in [6, 6.07) is 7.75. The number of ketones is 1. The normalized spacial score (nSPS) is 20.9. The third-order valence-electron chi connectivity index (χ3n) is 4.56. The van der Waals surface area contributed by atoms with Crippen LogP contribution in [0.15, 0.2) is 24.3 Å². The number of halogens is 1. The molecule has 2 unspecified atom stereocenters. The van der Waals surface area contributed by atoms with E-state index in [1.54, 1.807) is 12.1 Å². The van der Waals surface area contributed by atoms with Gasteiger partial charge in [0.2, 0.25) is 0 Å². The van der Waals surface area contributed by atoms with Crippen LogP contribution in [-0.4, -0.2) is 53.8 Å². The van der Waals surface area contributed by atoms with E-state index in [1.807, 2.05) is 19.1 Å². The highest BCUT2D eigenvalue weighted by Gasteiger charge is 2.31. The summed E-state index contributed by atoms with van der Waals surface area (Å²) in [6.07, 6.45) is 1.15. The Labute approximate surface area is 132 Å². The summed E-state index contributed by atoms with van der Waals surface area (Å²) in [5.74, 6) is 0.165. The molecule has 1 aromatic rings. The molecule has 1 aliphatic rings. The first-order chi connectivity index (χ1) is 10.1. The van der Waals surface area contributed by atoms with Gasteiger partial charge in [0.15, 0.2) is 5.78 Å².